The molecule has 52 valence electrons. The van der Waals surface area contributed by atoms with Gasteiger partial charge in [0.15, 0.2) is 0 Å². The minimum atomic E-state index is -0.917. The molecule has 0 saturated heterocycles. The van der Waals surface area contributed by atoms with Gasteiger partial charge in [0.05, 0.1) is 0 Å². The second kappa shape index (κ2) is 5.65. The van der Waals surface area contributed by atoms with E-state index in [0.717, 1.165) is 11.8 Å². The molecule has 3 N–H and O–H groups in total. The van der Waals surface area contributed by atoms with Crippen molar-refractivity contribution in [3.63, 3.8) is 0 Å². The largest absolute Gasteiger partial charge is 0.478 e. The molecule has 0 amide bonds. The monoisotopic (exact) mass is 147 g/mol. The number of aliphatic carboxylic acids is 1. The second-order valence-corrected chi connectivity index (χ2v) is 2.31. The lowest BCUT2D eigenvalue weighted by molar-refractivity contribution is -0.131. The molecule has 4 heteroatoms. The third kappa shape index (κ3) is 7.52. The van der Waals surface area contributed by atoms with Crippen LogP contribution in [-0.2, 0) is 4.79 Å². The number of carboxylic acid groups (broad SMARTS) is 1. The van der Waals surface area contributed by atoms with Gasteiger partial charge in [-0.3, -0.25) is 0 Å². The topological polar surface area (TPSA) is 63.3 Å². The first-order valence-corrected chi connectivity index (χ1v) is 3.53. The Hall–Kier alpha value is -0.480. The summed E-state index contributed by atoms with van der Waals surface area (Å²) in [5.41, 5.74) is 5.14. The minimum absolute atomic E-state index is 0.578. The highest BCUT2D eigenvalue weighted by atomic mass is 32.2. The maximum absolute atomic E-state index is 9.83. The first-order chi connectivity index (χ1) is 4.27. The van der Waals surface area contributed by atoms with Gasteiger partial charge in [-0.2, -0.15) is 0 Å². The van der Waals surface area contributed by atoms with Gasteiger partial charge in [0.25, 0.3) is 0 Å². The number of hydrogen-bond donors (Lipinski definition) is 2. The van der Waals surface area contributed by atoms with Crippen LogP contribution in [0, 0.1) is 0 Å². The summed E-state index contributed by atoms with van der Waals surface area (Å²) < 4.78 is 0. The summed E-state index contributed by atoms with van der Waals surface area (Å²) in [6, 6.07) is 0. The van der Waals surface area contributed by atoms with E-state index in [-0.39, 0.29) is 0 Å². The first-order valence-electron chi connectivity index (χ1n) is 2.48. The fourth-order valence-corrected chi connectivity index (χ4v) is 0.727. The average molecular weight is 147 g/mol. The quantitative estimate of drug-likeness (QED) is 0.443. The molecule has 0 aromatic carbocycles. The van der Waals surface area contributed by atoms with Crippen LogP contribution in [0.1, 0.15) is 0 Å². The molecule has 0 atom stereocenters. The van der Waals surface area contributed by atoms with Crippen LogP contribution in [0.5, 0.6) is 0 Å². The van der Waals surface area contributed by atoms with E-state index in [9.17, 15) is 4.79 Å². The van der Waals surface area contributed by atoms with Gasteiger partial charge in [0, 0.05) is 18.4 Å². The van der Waals surface area contributed by atoms with Crippen molar-refractivity contribution >= 4 is 17.7 Å². The molecule has 9 heavy (non-hydrogen) atoms. The molecule has 0 fully saturated rings. The van der Waals surface area contributed by atoms with Crippen molar-refractivity contribution in [2.24, 2.45) is 5.73 Å². The highest BCUT2D eigenvalue weighted by Crippen LogP contribution is 1.98. The third-order valence-corrected chi connectivity index (χ3v) is 1.34. The van der Waals surface area contributed by atoms with Crippen molar-refractivity contribution in [1.82, 2.24) is 0 Å². The summed E-state index contributed by atoms with van der Waals surface area (Å²) in [5, 5.41) is 9.60. The molecule has 0 aliphatic rings. The van der Waals surface area contributed by atoms with Crippen LogP contribution in [0.2, 0.25) is 0 Å². The maximum Gasteiger partial charge on any atom is 0.328 e. The van der Waals surface area contributed by atoms with Crippen molar-refractivity contribution in [3.8, 4) is 0 Å². The fourth-order valence-electron chi connectivity index (χ4n) is 0.242. The number of thioether (sulfide) groups is 1. The summed E-state index contributed by atoms with van der Waals surface area (Å²) in [5.74, 6) is -0.149. The minimum Gasteiger partial charge on any atom is -0.478 e. The van der Waals surface area contributed by atoms with Crippen LogP contribution in [0.15, 0.2) is 11.5 Å². The predicted molar refractivity (Wildman–Crippen MR) is 38.3 cm³/mol. The Bertz CT molecular complexity index is 114. The number of nitrogens with two attached hydrogens (primary N) is 1. The molecular formula is C5H9NO2S. The second-order valence-electron chi connectivity index (χ2n) is 1.30. The van der Waals surface area contributed by atoms with E-state index in [4.69, 9.17) is 10.8 Å². The molecule has 0 heterocycles. The fraction of sp³-hybridized carbons (Fsp3) is 0.400. The van der Waals surface area contributed by atoms with Crippen LogP contribution in [0.3, 0.4) is 0 Å². The molecule has 0 aliphatic heterocycles. The van der Waals surface area contributed by atoms with Crippen molar-refractivity contribution in [2.45, 2.75) is 0 Å². The van der Waals surface area contributed by atoms with Gasteiger partial charge < -0.3 is 10.8 Å². The first kappa shape index (κ1) is 8.52. The molecule has 0 bridgehead atoms. The lowest BCUT2D eigenvalue weighted by Crippen LogP contribution is -2.00. The molecular weight excluding hydrogens is 138 g/mol. The van der Waals surface area contributed by atoms with Gasteiger partial charge in [-0.1, -0.05) is 0 Å². The summed E-state index contributed by atoms with van der Waals surface area (Å²) >= 11 is 1.40. The number of carboxylic acids is 1. The normalized spacial score (nSPS) is 10.3. The van der Waals surface area contributed by atoms with E-state index < -0.39 is 5.97 Å². The number of hydrogen-bond acceptors (Lipinski definition) is 3. The molecule has 0 aromatic rings. The highest BCUT2D eigenvalue weighted by molar-refractivity contribution is 8.02. The lowest BCUT2D eigenvalue weighted by atomic mass is 10.7. The van der Waals surface area contributed by atoms with E-state index in [2.05, 4.69) is 0 Å². The average Bonchev–Trinajstić information content (AvgIpc) is 1.80. The van der Waals surface area contributed by atoms with Gasteiger partial charge in [-0.25, -0.2) is 4.79 Å². The zero-order valence-electron chi connectivity index (χ0n) is 4.91. The van der Waals surface area contributed by atoms with Crippen molar-refractivity contribution in [1.29, 1.82) is 0 Å². The number of rotatable bonds is 4. The number of carbonyl (C=O) groups is 1. The SMILES string of the molecule is NCCS/C=C\C(=O)O. The van der Waals surface area contributed by atoms with Crippen LogP contribution in [-0.4, -0.2) is 23.4 Å². The molecule has 0 unspecified atom stereocenters. The van der Waals surface area contributed by atoms with Crippen molar-refractivity contribution in [3.05, 3.63) is 11.5 Å². The third-order valence-electron chi connectivity index (χ3n) is 0.543. The maximum atomic E-state index is 9.83. The predicted octanol–water partition coefficient (Wildman–Crippen LogP) is 0.277. The van der Waals surface area contributed by atoms with Gasteiger partial charge >= 0.3 is 5.97 Å². The Morgan fingerprint density at radius 2 is 2.44 bits per heavy atom. The summed E-state index contributed by atoms with van der Waals surface area (Å²) in [6.45, 7) is 0.578. The Labute approximate surface area is 57.9 Å². The van der Waals surface area contributed by atoms with Crippen LogP contribution < -0.4 is 5.73 Å². The molecule has 3 nitrogen and oxygen atoms in total. The van der Waals surface area contributed by atoms with Crippen LogP contribution in [0.25, 0.3) is 0 Å². The summed E-state index contributed by atoms with van der Waals surface area (Å²) in [6.07, 6.45) is 1.10. The van der Waals surface area contributed by atoms with Crippen LogP contribution in [0.4, 0.5) is 0 Å². The van der Waals surface area contributed by atoms with E-state index in [1.807, 2.05) is 0 Å². The van der Waals surface area contributed by atoms with Gasteiger partial charge in [-0.15, -0.1) is 11.8 Å². The lowest BCUT2D eigenvalue weighted by Gasteiger charge is -1.85. The van der Waals surface area contributed by atoms with Gasteiger partial charge in [0.2, 0.25) is 0 Å². The summed E-state index contributed by atoms with van der Waals surface area (Å²) in [7, 11) is 0. The van der Waals surface area contributed by atoms with Crippen molar-refractivity contribution < 1.29 is 9.90 Å². The zero-order chi connectivity index (χ0) is 7.11. The molecule has 0 saturated carbocycles. The summed E-state index contributed by atoms with van der Waals surface area (Å²) in [4.78, 5) is 9.83. The standard InChI is InChI=1S/C5H9NO2S/c6-2-4-9-3-1-5(7)8/h1,3H,2,4,6H2,(H,7,8)/b3-1-. The Morgan fingerprint density at radius 3 is 2.89 bits per heavy atom. The Kier molecular flexibility index (Phi) is 5.35. The van der Waals surface area contributed by atoms with E-state index in [1.54, 1.807) is 0 Å². The molecule has 0 rings (SSSR count). The van der Waals surface area contributed by atoms with Gasteiger partial charge in [0.1, 0.15) is 0 Å². The van der Waals surface area contributed by atoms with E-state index in [0.29, 0.717) is 6.54 Å². The van der Waals surface area contributed by atoms with Crippen LogP contribution >= 0.6 is 11.8 Å². The highest BCUT2D eigenvalue weighted by Gasteiger charge is 1.83. The zero-order valence-corrected chi connectivity index (χ0v) is 5.73. The Morgan fingerprint density at radius 1 is 1.78 bits per heavy atom. The molecule has 0 aliphatic carbocycles. The van der Waals surface area contributed by atoms with Gasteiger partial charge in [-0.05, 0) is 5.41 Å². The molecule has 0 radical (unpaired) electrons. The van der Waals surface area contributed by atoms with E-state index in [1.165, 1.54) is 17.2 Å². The smallest absolute Gasteiger partial charge is 0.328 e. The molecule has 0 spiro atoms. The molecule has 0 aromatic heterocycles. The van der Waals surface area contributed by atoms with Crippen molar-refractivity contribution in [2.75, 3.05) is 12.3 Å². The Balaban J connectivity index is 3.15. The van der Waals surface area contributed by atoms with E-state index >= 15 is 0 Å².